The van der Waals surface area contributed by atoms with E-state index in [4.69, 9.17) is 6.42 Å². The van der Waals surface area contributed by atoms with Gasteiger partial charge >= 0.3 is 0 Å². The van der Waals surface area contributed by atoms with E-state index < -0.39 is 0 Å². The topological polar surface area (TPSA) is 29.1 Å². The minimum atomic E-state index is -0.342. The maximum atomic E-state index is 12.8. The van der Waals surface area contributed by atoms with Crippen LogP contribution >= 0.6 is 0 Å². The summed E-state index contributed by atoms with van der Waals surface area (Å²) >= 11 is 0. The third kappa shape index (κ3) is 3.09. The lowest BCUT2D eigenvalue weighted by atomic mass is 10.1. The summed E-state index contributed by atoms with van der Waals surface area (Å²) in [6.45, 7) is 3.53. The van der Waals surface area contributed by atoms with Crippen molar-refractivity contribution in [3.8, 4) is 12.3 Å². The lowest BCUT2D eigenvalue weighted by Gasteiger charge is -2.12. The second-order valence-electron chi connectivity index (χ2n) is 3.74. The first kappa shape index (κ1) is 12.3. The second kappa shape index (κ2) is 5.32. The van der Waals surface area contributed by atoms with Crippen LogP contribution in [0, 0.1) is 25.1 Å². The van der Waals surface area contributed by atoms with E-state index in [9.17, 15) is 9.18 Å². The lowest BCUT2D eigenvalue weighted by Crippen LogP contribution is -2.32. The number of hydrogen-bond acceptors (Lipinski definition) is 1. The van der Waals surface area contributed by atoms with E-state index in [0.717, 1.165) is 0 Å². The quantitative estimate of drug-likeness (QED) is 0.776. The number of terminal acetylenes is 1. The molecule has 1 aromatic rings. The van der Waals surface area contributed by atoms with Crippen LogP contribution in [0.5, 0.6) is 0 Å². The van der Waals surface area contributed by atoms with Gasteiger partial charge in [-0.1, -0.05) is 0 Å². The molecule has 1 aromatic carbocycles. The van der Waals surface area contributed by atoms with Crippen LogP contribution in [-0.2, 0) is 0 Å². The van der Waals surface area contributed by atoms with Crippen LogP contribution in [0.1, 0.15) is 29.3 Å². The number of carbonyl (C=O) groups excluding carboxylic acids is 1. The highest BCUT2D eigenvalue weighted by atomic mass is 19.1. The van der Waals surface area contributed by atoms with Gasteiger partial charge in [0.1, 0.15) is 5.82 Å². The molecule has 0 aliphatic rings. The molecule has 1 atom stereocenters. The molecule has 16 heavy (non-hydrogen) atoms. The Balaban J connectivity index is 2.78. The zero-order valence-corrected chi connectivity index (χ0v) is 9.38. The molecule has 0 radical (unpaired) electrons. The van der Waals surface area contributed by atoms with E-state index >= 15 is 0 Å². The number of carbonyl (C=O) groups is 1. The molecule has 0 fully saturated rings. The van der Waals surface area contributed by atoms with E-state index in [1.165, 1.54) is 18.2 Å². The summed E-state index contributed by atoms with van der Waals surface area (Å²) in [5.74, 6) is 1.91. The van der Waals surface area contributed by atoms with E-state index in [0.29, 0.717) is 17.5 Å². The fraction of sp³-hybridized carbons (Fsp3) is 0.308. The molecule has 84 valence electrons. The summed E-state index contributed by atoms with van der Waals surface area (Å²) in [6, 6.07) is 4.00. The fourth-order valence-corrected chi connectivity index (χ4v) is 1.41. The molecular formula is C13H14FNO. The molecule has 0 aromatic heterocycles. The predicted octanol–water partition coefficient (Wildman–Crippen LogP) is 2.28. The van der Waals surface area contributed by atoms with Gasteiger partial charge in [-0.15, -0.1) is 12.3 Å². The Bertz CT molecular complexity index is 434. The maximum Gasteiger partial charge on any atom is 0.251 e. The van der Waals surface area contributed by atoms with Gasteiger partial charge in [0.05, 0.1) is 0 Å². The number of rotatable bonds is 3. The van der Waals surface area contributed by atoms with Crippen LogP contribution in [0.15, 0.2) is 18.2 Å². The molecule has 0 aliphatic heterocycles. The first-order valence-corrected chi connectivity index (χ1v) is 5.05. The molecule has 0 bridgehead atoms. The first-order chi connectivity index (χ1) is 7.54. The van der Waals surface area contributed by atoms with Crippen LogP contribution in [0.2, 0.25) is 0 Å². The van der Waals surface area contributed by atoms with E-state index in [1.54, 1.807) is 6.92 Å². The molecule has 1 N–H and O–H groups in total. The first-order valence-electron chi connectivity index (χ1n) is 5.05. The molecule has 2 nitrogen and oxygen atoms in total. The largest absolute Gasteiger partial charge is 0.349 e. The van der Waals surface area contributed by atoms with Gasteiger partial charge in [-0.05, 0) is 37.6 Å². The highest BCUT2D eigenvalue weighted by Gasteiger charge is 2.11. The molecule has 0 heterocycles. The Kier molecular flexibility index (Phi) is 4.07. The fourth-order valence-electron chi connectivity index (χ4n) is 1.41. The Morgan fingerprint density at radius 2 is 2.31 bits per heavy atom. The number of aryl methyl sites for hydroxylation is 1. The van der Waals surface area contributed by atoms with Gasteiger partial charge in [0, 0.05) is 18.0 Å². The summed E-state index contributed by atoms with van der Waals surface area (Å²) in [5.41, 5.74) is 1.09. The molecule has 0 aliphatic carbocycles. The van der Waals surface area contributed by atoms with Crippen molar-refractivity contribution in [2.75, 3.05) is 0 Å². The minimum absolute atomic E-state index is 0.0815. The average Bonchev–Trinajstić information content (AvgIpc) is 2.17. The van der Waals surface area contributed by atoms with Crippen LogP contribution in [0.4, 0.5) is 4.39 Å². The summed E-state index contributed by atoms with van der Waals surface area (Å²) in [5, 5.41) is 2.75. The SMILES string of the molecule is C#CCC(C)NC(=O)c1ccc(F)cc1C. The summed E-state index contributed by atoms with van der Waals surface area (Å²) < 4.78 is 12.8. The molecule has 3 heteroatoms. The Morgan fingerprint density at radius 1 is 1.62 bits per heavy atom. The van der Waals surface area contributed by atoms with Gasteiger partial charge in [-0.25, -0.2) is 4.39 Å². The lowest BCUT2D eigenvalue weighted by molar-refractivity contribution is 0.0940. The van der Waals surface area contributed by atoms with Gasteiger partial charge in [0.25, 0.3) is 5.91 Å². The molecular weight excluding hydrogens is 205 g/mol. The monoisotopic (exact) mass is 219 g/mol. The number of amides is 1. The van der Waals surface area contributed by atoms with Crippen molar-refractivity contribution < 1.29 is 9.18 Å². The summed E-state index contributed by atoms with van der Waals surface area (Å²) in [6.07, 6.45) is 5.62. The van der Waals surface area contributed by atoms with Crippen molar-refractivity contribution in [1.29, 1.82) is 0 Å². The molecule has 0 saturated carbocycles. The number of nitrogens with one attached hydrogen (secondary N) is 1. The van der Waals surface area contributed by atoms with Crippen LogP contribution in [0.3, 0.4) is 0 Å². The van der Waals surface area contributed by atoms with E-state index in [-0.39, 0.29) is 17.8 Å². The highest BCUT2D eigenvalue weighted by Crippen LogP contribution is 2.10. The normalized spacial score (nSPS) is 11.6. The van der Waals surface area contributed by atoms with Crippen LogP contribution in [-0.4, -0.2) is 11.9 Å². The third-order valence-corrected chi connectivity index (χ3v) is 2.23. The smallest absolute Gasteiger partial charge is 0.251 e. The van der Waals surface area contributed by atoms with Crippen LogP contribution in [0.25, 0.3) is 0 Å². The maximum absolute atomic E-state index is 12.8. The Morgan fingerprint density at radius 3 is 2.88 bits per heavy atom. The zero-order valence-electron chi connectivity index (χ0n) is 9.38. The van der Waals surface area contributed by atoms with Crippen LogP contribution < -0.4 is 5.32 Å². The molecule has 1 unspecified atom stereocenters. The standard InChI is InChI=1S/C13H14FNO/c1-4-5-10(3)15-13(16)12-7-6-11(14)8-9(12)2/h1,6-8,10H,5H2,2-3H3,(H,15,16). The molecule has 0 spiro atoms. The molecule has 1 amide bonds. The van der Waals surface area contributed by atoms with E-state index in [2.05, 4.69) is 11.2 Å². The average molecular weight is 219 g/mol. The van der Waals surface area contributed by atoms with Crippen molar-refractivity contribution in [3.63, 3.8) is 0 Å². The molecule has 0 saturated heterocycles. The predicted molar refractivity (Wildman–Crippen MR) is 61.5 cm³/mol. The van der Waals surface area contributed by atoms with Gasteiger partial charge in [-0.2, -0.15) is 0 Å². The number of hydrogen-bond donors (Lipinski definition) is 1. The third-order valence-electron chi connectivity index (χ3n) is 2.23. The van der Waals surface area contributed by atoms with Gasteiger partial charge in [-0.3, -0.25) is 4.79 Å². The van der Waals surface area contributed by atoms with Gasteiger partial charge in [0.15, 0.2) is 0 Å². The van der Waals surface area contributed by atoms with Crippen molar-refractivity contribution in [3.05, 3.63) is 35.1 Å². The number of halogens is 1. The Labute approximate surface area is 94.9 Å². The molecule has 1 rings (SSSR count). The van der Waals surface area contributed by atoms with Gasteiger partial charge < -0.3 is 5.32 Å². The minimum Gasteiger partial charge on any atom is -0.349 e. The van der Waals surface area contributed by atoms with Crippen molar-refractivity contribution in [2.45, 2.75) is 26.3 Å². The zero-order chi connectivity index (χ0) is 12.1. The Hall–Kier alpha value is -1.82. The summed E-state index contributed by atoms with van der Waals surface area (Å²) in [4.78, 5) is 11.8. The second-order valence-corrected chi connectivity index (χ2v) is 3.74. The van der Waals surface area contributed by atoms with Crippen molar-refractivity contribution in [2.24, 2.45) is 0 Å². The summed E-state index contributed by atoms with van der Waals surface area (Å²) in [7, 11) is 0. The number of benzene rings is 1. The highest BCUT2D eigenvalue weighted by molar-refractivity contribution is 5.95. The van der Waals surface area contributed by atoms with Crippen molar-refractivity contribution >= 4 is 5.91 Å². The van der Waals surface area contributed by atoms with E-state index in [1.807, 2.05) is 6.92 Å². The van der Waals surface area contributed by atoms with Crippen molar-refractivity contribution in [1.82, 2.24) is 5.32 Å². The van der Waals surface area contributed by atoms with Gasteiger partial charge in [0.2, 0.25) is 0 Å².